The van der Waals surface area contributed by atoms with Gasteiger partial charge in [-0.15, -0.1) is 0 Å². The molecule has 9 heteroatoms. The van der Waals surface area contributed by atoms with E-state index in [1.165, 1.54) is 6.20 Å². The summed E-state index contributed by atoms with van der Waals surface area (Å²) in [5, 5.41) is 0. The molecule has 0 atom stereocenters. The first kappa shape index (κ1) is 23.5. The Morgan fingerprint density at radius 3 is 2.03 bits per heavy atom. The molecule has 32 heavy (non-hydrogen) atoms. The monoisotopic (exact) mass is 456 g/mol. The zero-order valence-corrected chi connectivity index (χ0v) is 19.2. The quantitative estimate of drug-likeness (QED) is 0.481. The van der Waals surface area contributed by atoms with Crippen molar-refractivity contribution in [3.8, 4) is 11.5 Å². The summed E-state index contributed by atoms with van der Waals surface area (Å²) in [6, 6.07) is 17.6. The number of rotatable bonds is 10. The number of aromatic nitrogens is 2. The van der Waals surface area contributed by atoms with Crippen LogP contribution in [0.2, 0.25) is 0 Å². The summed E-state index contributed by atoms with van der Waals surface area (Å²) in [5.41, 5.74) is 8.14. The normalized spacial score (nSPS) is 11.8. The van der Waals surface area contributed by atoms with Crippen molar-refractivity contribution in [1.29, 1.82) is 0 Å². The van der Waals surface area contributed by atoms with Crippen LogP contribution in [0.3, 0.4) is 0 Å². The molecule has 3 N–H and O–H groups in total. The lowest BCUT2D eigenvalue weighted by Gasteiger charge is -2.26. The van der Waals surface area contributed by atoms with Crippen LogP contribution >= 0.6 is 0 Å². The number of sulfonamides is 1. The standard InChI is InChI=1S/C23H28N4O4S/c1-23(2,17-4-8-20(9-5-17)30-15-13-24)18-6-10-21(11-7-18)31-16-19-12-14-25-22(26-19)27-32(3,28)29/h4-12,14H,13,15-16,24H2,1-3H3,(H,25,26,27). The topological polar surface area (TPSA) is 116 Å². The maximum Gasteiger partial charge on any atom is 0.236 e. The lowest BCUT2D eigenvalue weighted by Crippen LogP contribution is -2.18. The van der Waals surface area contributed by atoms with Crippen molar-refractivity contribution in [2.45, 2.75) is 25.9 Å². The zero-order chi connectivity index (χ0) is 23.2. The molecule has 2 aromatic carbocycles. The van der Waals surface area contributed by atoms with Crippen molar-refractivity contribution >= 4 is 16.0 Å². The third-order valence-corrected chi connectivity index (χ3v) is 5.47. The number of benzene rings is 2. The Morgan fingerprint density at radius 1 is 0.938 bits per heavy atom. The second-order valence-corrected chi connectivity index (χ2v) is 9.59. The molecular formula is C23H28N4O4S. The Kier molecular flexibility index (Phi) is 7.32. The maximum absolute atomic E-state index is 11.3. The van der Waals surface area contributed by atoms with Gasteiger partial charge in [-0.25, -0.2) is 18.4 Å². The van der Waals surface area contributed by atoms with Crippen LogP contribution in [0.1, 0.15) is 30.7 Å². The molecule has 0 spiro atoms. The van der Waals surface area contributed by atoms with Gasteiger partial charge in [0.2, 0.25) is 16.0 Å². The number of nitrogens with zero attached hydrogens (tertiary/aromatic N) is 2. The first-order chi connectivity index (χ1) is 15.2. The summed E-state index contributed by atoms with van der Waals surface area (Å²) in [7, 11) is -3.44. The Labute approximate surface area is 188 Å². The molecule has 0 fully saturated rings. The number of hydrogen-bond donors (Lipinski definition) is 2. The largest absolute Gasteiger partial charge is 0.492 e. The second-order valence-electron chi connectivity index (χ2n) is 7.85. The van der Waals surface area contributed by atoms with Crippen molar-refractivity contribution in [2.24, 2.45) is 5.73 Å². The minimum absolute atomic E-state index is 0.0187. The molecule has 0 unspecified atom stereocenters. The van der Waals surface area contributed by atoms with Crippen molar-refractivity contribution < 1.29 is 17.9 Å². The van der Waals surface area contributed by atoms with E-state index in [4.69, 9.17) is 15.2 Å². The summed E-state index contributed by atoms with van der Waals surface area (Å²) in [6.45, 7) is 5.49. The summed E-state index contributed by atoms with van der Waals surface area (Å²) < 4.78 is 36.3. The van der Waals surface area contributed by atoms with Gasteiger partial charge in [-0.05, 0) is 41.5 Å². The van der Waals surface area contributed by atoms with Crippen LogP contribution in [0, 0.1) is 0 Å². The van der Waals surface area contributed by atoms with Gasteiger partial charge in [0.15, 0.2) is 0 Å². The minimum atomic E-state index is -3.44. The molecule has 170 valence electrons. The van der Waals surface area contributed by atoms with Gasteiger partial charge in [-0.1, -0.05) is 38.1 Å². The van der Waals surface area contributed by atoms with Gasteiger partial charge < -0.3 is 15.2 Å². The molecule has 8 nitrogen and oxygen atoms in total. The van der Waals surface area contributed by atoms with Crippen molar-refractivity contribution in [3.63, 3.8) is 0 Å². The average molecular weight is 457 g/mol. The Morgan fingerprint density at radius 2 is 1.50 bits per heavy atom. The molecule has 0 bridgehead atoms. The summed E-state index contributed by atoms with van der Waals surface area (Å²) >= 11 is 0. The number of anilines is 1. The number of nitrogens with one attached hydrogen (secondary N) is 1. The van der Waals surface area contributed by atoms with E-state index in [1.807, 2.05) is 36.4 Å². The predicted octanol–water partition coefficient (Wildman–Crippen LogP) is 3.09. The predicted molar refractivity (Wildman–Crippen MR) is 124 cm³/mol. The molecule has 1 aromatic heterocycles. The van der Waals surface area contributed by atoms with Crippen LogP contribution in [0.15, 0.2) is 60.8 Å². The highest BCUT2D eigenvalue weighted by Crippen LogP contribution is 2.33. The smallest absolute Gasteiger partial charge is 0.236 e. The van der Waals surface area contributed by atoms with Gasteiger partial charge in [0.05, 0.1) is 11.9 Å². The van der Waals surface area contributed by atoms with E-state index >= 15 is 0 Å². The van der Waals surface area contributed by atoms with Crippen molar-refractivity contribution in [3.05, 3.63) is 77.6 Å². The summed E-state index contributed by atoms with van der Waals surface area (Å²) in [5.74, 6) is 1.51. The van der Waals surface area contributed by atoms with Crippen LogP contribution in [0.25, 0.3) is 0 Å². The molecule has 0 radical (unpaired) electrons. The van der Waals surface area contributed by atoms with Crippen LogP contribution in [0.4, 0.5) is 5.95 Å². The highest BCUT2D eigenvalue weighted by Gasteiger charge is 2.23. The number of hydrogen-bond acceptors (Lipinski definition) is 7. The van der Waals surface area contributed by atoms with Gasteiger partial charge in [0.25, 0.3) is 0 Å². The number of ether oxygens (including phenoxy) is 2. The fraction of sp³-hybridized carbons (Fsp3) is 0.304. The number of nitrogens with two attached hydrogens (primary N) is 1. The third-order valence-electron chi connectivity index (χ3n) is 4.92. The zero-order valence-electron chi connectivity index (χ0n) is 18.4. The fourth-order valence-electron chi connectivity index (χ4n) is 3.13. The molecular weight excluding hydrogens is 428 g/mol. The lowest BCUT2D eigenvalue weighted by atomic mass is 9.78. The van der Waals surface area contributed by atoms with Crippen LogP contribution in [-0.4, -0.2) is 37.8 Å². The Hall–Kier alpha value is -3.17. The summed E-state index contributed by atoms with van der Waals surface area (Å²) in [4.78, 5) is 8.05. The van der Waals surface area contributed by atoms with Crippen molar-refractivity contribution in [1.82, 2.24) is 9.97 Å². The highest BCUT2D eigenvalue weighted by molar-refractivity contribution is 7.91. The maximum atomic E-state index is 11.3. The molecule has 0 saturated carbocycles. The fourth-order valence-corrected chi connectivity index (χ4v) is 3.56. The van der Waals surface area contributed by atoms with Gasteiger partial charge in [0.1, 0.15) is 24.7 Å². The highest BCUT2D eigenvalue weighted by atomic mass is 32.2. The molecule has 3 aromatic rings. The van der Waals surface area contributed by atoms with Gasteiger partial charge >= 0.3 is 0 Å². The minimum Gasteiger partial charge on any atom is -0.492 e. The molecule has 0 aliphatic carbocycles. The van der Waals surface area contributed by atoms with E-state index in [9.17, 15) is 8.42 Å². The average Bonchev–Trinajstić information content (AvgIpc) is 2.76. The van der Waals surface area contributed by atoms with Gasteiger partial charge in [-0.2, -0.15) is 0 Å². The van der Waals surface area contributed by atoms with Gasteiger partial charge in [-0.3, -0.25) is 4.72 Å². The first-order valence-electron chi connectivity index (χ1n) is 10.1. The van der Waals surface area contributed by atoms with E-state index in [0.29, 0.717) is 24.6 Å². The van der Waals surface area contributed by atoms with Crippen LogP contribution in [-0.2, 0) is 22.0 Å². The Balaban J connectivity index is 1.65. The molecule has 0 aliphatic heterocycles. The van der Waals surface area contributed by atoms with E-state index < -0.39 is 10.0 Å². The van der Waals surface area contributed by atoms with E-state index in [-0.39, 0.29) is 18.0 Å². The molecule has 0 aliphatic rings. The first-order valence-corrected chi connectivity index (χ1v) is 12.0. The third kappa shape index (κ3) is 6.41. The lowest BCUT2D eigenvalue weighted by molar-refractivity contribution is 0.301. The van der Waals surface area contributed by atoms with E-state index in [2.05, 4.69) is 40.7 Å². The molecule has 0 saturated heterocycles. The van der Waals surface area contributed by atoms with E-state index in [1.54, 1.807) is 6.07 Å². The van der Waals surface area contributed by atoms with Crippen molar-refractivity contribution in [2.75, 3.05) is 24.1 Å². The van der Waals surface area contributed by atoms with Crippen LogP contribution < -0.4 is 19.9 Å². The van der Waals surface area contributed by atoms with Crippen LogP contribution in [0.5, 0.6) is 11.5 Å². The molecule has 1 heterocycles. The molecule has 0 amide bonds. The van der Waals surface area contributed by atoms with E-state index in [0.717, 1.165) is 23.1 Å². The summed E-state index contributed by atoms with van der Waals surface area (Å²) in [6.07, 6.45) is 2.53. The molecule has 3 rings (SSSR count). The SMILES string of the molecule is CC(C)(c1ccc(OCCN)cc1)c1ccc(OCc2ccnc(NS(C)(=O)=O)n2)cc1. The Bertz CT molecular complexity index is 1130. The van der Waals surface area contributed by atoms with Gasteiger partial charge in [0, 0.05) is 18.2 Å². The second kappa shape index (κ2) is 9.97.